The molecule has 0 aromatic rings. The van der Waals surface area contributed by atoms with Crippen LogP contribution in [-0.2, 0) is 4.74 Å². The normalized spacial score (nSPS) is 22.5. The van der Waals surface area contributed by atoms with E-state index < -0.39 is 0 Å². The number of ether oxygens (including phenoxy) is 1. The lowest BCUT2D eigenvalue weighted by Crippen LogP contribution is -2.48. The van der Waals surface area contributed by atoms with E-state index in [1.54, 1.807) is 0 Å². The Bertz CT molecular complexity index is 213. The number of hydrogen-bond acceptors (Lipinski definition) is 4. The summed E-state index contributed by atoms with van der Waals surface area (Å²) in [6.45, 7) is 12.3. The van der Waals surface area contributed by atoms with E-state index in [2.05, 4.69) is 22.0 Å². The van der Waals surface area contributed by atoms with Crippen molar-refractivity contribution in [1.82, 2.24) is 15.1 Å². The zero-order valence-corrected chi connectivity index (χ0v) is 11.9. The van der Waals surface area contributed by atoms with Gasteiger partial charge in [0, 0.05) is 58.5 Å². The van der Waals surface area contributed by atoms with Crippen LogP contribution in [0.2, 0.25) is 0 Å². The fourth-order valence-corrected chi connectivity index (χ4v) is 2.60. The van der Waals surface area contributed by atoms with Crippen molar-refractivity contribution in [2.75, 3.05) is 59.0 Å². The molecule has 4 nitrogen and oxygen atoms in total. The maximum Gasteiger partial charge on any atom is 0.0477 e. The van der Waals surface area contributed by atoms with E-state index in [1.165, 1.54) is 45.6 Å². The molecule has 2 aliphatic rings. The first kappa shape index (κ1) is 14.3. The number of piperazine rings is 1. The van der Waals surface area contributed by atoms with Crippen LogP contribution in [0.4, 0.5) is 0 Å². The van der Waals surface area contributed by atoms with Crippen molar-refractivity contribution < 1.29 is 4.74 Å². The molecule has 106 valence electrons. The molecular formula is C14H29N3O. The maximum atomic E-state index is 5.31. The van der Waals surface area contributed by atoms with E-state index in [4.69, 9.17) is 4.74 Å². The van der Waals surface area contributed by atoms with Gasteiger partial charge in [0.1, 0.15) is 0 Å². The summed E-state index contributed by atoms with van der Waals surface area (Å²) in [6.07, 6.45) is 4.02. The Hall–Kier alpha value is -0.160. The van der Waals surface area contributed by atoms with Crippen LogP contribution in [0.5, 0.6) is 0 Å². The van der Waals surface area contributed by atoms with Crippen LogP contribution in [-0.4, -0.2) is 74.9 Å². The summed E-state index contributed by atoms with van der Waals surface area (Å²) in [5.74, 6) is 0. The summed E-state index contributed by atoms with van der Waals surface area (Å²) in [5, 5.41) is 3.50. The molecule has 0 aromatic heterocycles. The van der Waals surface area contributed by atoms with E-state index in [9.17, 15) is 0 Å². The van der Waals surface area contributed by atoms with Crippen LogP contribution in [0.3, 0.4) is 0 Å². The summed E-state index contributed by atoms with van der Waals surface area (Å²) in [4.78, 5) is 5.26. The summed E-state index contributed by atoms with van der Waals surface area (Å²) < 4.78 is 5.31. The monoisotopic (exact) mass is 255 g/mol. The number of rotatable bonds is 9. The Balaban J connectivity index is 1.40. The van der Waals surface area contributed by atoms with E-state index in [-0.39, 0.29) is 0 Å². The second-order valence-corrected chi connectivity index (χ2v) is 5.41. The minimum atomic E-state index is 0.839. The Morgan fingerprint density at radius 3 is 2.56 bits per heavy atom. The molecule has 0 spiro atoms. The Labute approximate surface area is 112 Å². The quantitative estimate of drug-likeness (QED) is 0.616. The standard InChI is InChI=1S/C14H29N3O/c1-2-18-13-3-6-15-7-8-16-9-11-17(12-10-16)14-4-5-14/h14-15H,2-13H2,1H3. The summed E-state index contributed by atoms with van der Waals surface area (Å²) in [7, 11) is 0. The van der Waals surface area contributed by atoms with Crippen molar-refractivity contribution in [2.24, 2.45) is 0 Å². The van der Waals surface area contributed by atoms with Gasteiger partial charge in [-0.1, -0.05) is 0 Å². The molecule has 2 rings (SSSR count). The van der Waals surface area contributed by atoms with Gasteiger partial charge >= 0.3 is 0 Å². The van der Waals surface area contributed by atoms with Gasteiger partial charge in [0.15, 0.2) is 0 Å². The van der Waals surface area contributed by atoms with Crippen molar-refractivity contribution >= 4 is 0 Å². The van der Waals surface area contributed by atoms with Gasteiger partial charge in [-0.05, 0) is 32.7 Å². The molecule has 2 fully saturated rings. The molecule has 0 amide bonds. The predicted octanol–water partition coefficient (Wildman–Crippen LogP) is 0.783. The van der Waals surface area contributed by atoms with Crippen molar-refractivity contribution in [3.63, 3.8) is 0 Å². The molecule has 0 bridgehead atoms. The van der Waals surface area contributed by atoms with Gasteiger partial charge in [0.25, 0.3) is 0 Å². The van der Waals surface area contributed by atoms with E-state index in [1.807, 2.05) is 0 Å². The third-order valence-corrected chi connectivity index (χ3v) is 3.92. The van der Waals surface area contributed by atoms with Crippen molar-refractivity contribution in [1.29, 1.82) is 0 Å². The SMILES string of the molecule is CCOCCCNCCN1CCN(C2CC2)CC1. The van der Waals surface area contributed by atoms with E-state index in [0.717, 1.165) is 38.8 Å². The van der Waals surface area contributed by atoms with Crippen molar-refractivity contribution in [3.05, 3.63) is 0 Å². The molecule has 1 saturated carbocycles. The average Bonchev–Trinajstić information content (AvgIpc) is 3.23. The fourth-order valence-electron chi connectivity index (χ4n) is 2.60. The van der Waals surface area contributed by atoms with Gasteiger partial charge in [-0.2, -0.15) is 0 Å². The van der Waals surface area contributed by atoms with Crippen LogP contribution < -0.4 is 5.32 Å². The van der Waals surface area contributed by atoms with Crippen LogP contribution in [0.25, 0.3) is 0 Å². The Morgan fingerprint density at radius 1 is 1.11 bits per heavy atom. The molecule has 0 aromatic carbocycles. The second kappa shape index (κ2) is 8.10. The van der Waals surface area contributed by atoms with Gasteiger partial charge in [0.2, 0.25) is 0 Å². The van der Waals surface area contributed by atoms with Gasteiger partial charge in [-0.25, -0.2) is 0 Å². The lowest BCUT2D eigenvalue weighted by atomic mass is 10.3. The zero-order chi connectivity index (χ0) is 12.6. The van der Waals surface area contributed by atoms with Gasteiger partial charge in [-0.3, -0.25) is 9.80 Å². The molecular weight excluding hydrogens is 226 g/mol. The predicted molar refractivity (Wildman–Crippen MR) is 75.0 cm³/mol. The molecule has 0 atom stereocenters. The van der Waals surface area contributed by atoms with Crippen molar-refractivity contribution in [3.8, 4) is 0 Å². The minimum absolute atomic E-state index is 0.839. The summed E-state index contributed by atoms with van der Waals surface area (Å²) in [5.41, 5.74) is 0. The highest BCUT2D eigenvalue weighted by molar-refractivity contribution is 4.87. The van der Waals surface area contributed by atoms with Crippen LogP contribution in [0.15, 0.2) is 0 Å². The smallest absolute Gasteiger partial charge is 0.0477 e. The molecule has 1 heterocycles. The topological polar surface area (TPSA) is 27.7 Å². The van der Waals surface area contributed by atoms with Crippen molar-refractivity contribution in [2.45, 2.75) is 32.2 Å². The highest BCUT2D eigenvalue weighted by Gasteiger charge is 2.30. The van der Waals surface area contributed by atoms with Crippen LogP contribution in [0.1, 0.15) is 26.2 Å². The third-order valence-electron chi connectivity index (χ3n) is 3.92. The van der Waals surface area contributed by atoms with Gasteiger partial charge < -0.3 is 10.1 Å². The van der Waals surface area contributed by atoms with Crippen LogP contribution >= 0.6 is 0 Å². The third kappa shape index (κ3) is 5.22. The molecule has 18 heavy (non-hydrogen) atoms. The lowest BCUT2D eigenvalue weighted by Gasteiger charge is -2.34. The average molecular weight is 255 g/mol. The minimum Gasteiger partial charge on any atom is -0.382 e. The Kier molecular flexibility index (Phi) is 6.41. The van der Waals surface area contributed by atoms with Crippen LogP contribution in [0, 0.1) is 0 Å². The van der Waals surface area contributed by atoms with Gasteiger partial charge in [0.05, 0.1) is 0 Å². The first-order valence-corrected chi connectivity index (χ1v) is 7.65. The summed E-state index contributed by atoms with van der Waals surface area (Å²) in [6, 6.07) is 0.948. The number of nitrogens with zero attached hydrogens (tertiary/aromatic N) is 2. The molecule has 4 heteroatoms. The summed E-state index contributed by atoms with van der Waals surface area (Å²) >= 11 is 0. The fraction of sp³-hybridized carbons (Fsp3) is 1.00. The highest BCUT2D eigenvalue weighted by Crippen LogP contribution is 2.27. The molecule has 1 aliphatic carbocycles. The largest absolute Gasteiger partial charge is 0.382 e. The first-order chi connectivity index (χ1) is 8.90. The first-order valence-electron chi connectivity index (χ1n) is 7.65. The van der Waals surface area contributed by atoms with E-state index >= 15 is 0 Å². The second-order valence-electron chi connectivity index (χ2n) is 5.41. The zero-order valence-electron chi connectivity index (χ0n) is 11.9. The maximum absolute atomic E-state index is 5.31. The molecule has 1 saturated heterocycles. The molecule has 1 N–H and O–H groups in total. The number of hydrogen-bond donors (Lipinski definition) is 1. The highest BCUT2D eigenvalue weighted by atomic mass is 16.5. The Morgan fingerprint density at radius 2 is 1.89 bits per heavy atom. The molecule has 0 radical (unpaired) electrons. The number of nitrogens with one attached hydrogen (secondary N) is 1. The van der Waals surface area contributed by atoms with E-state index in [0.29, 0.717) is 0 Å². The lowest BCUT2D eigenvalue weighted by molar-refractivity contribution is 0.126. The molecule has 0 unspecified atom stereocenters. The van der Waals surface area contributed by atoms with Gasteiger partial charge in [-0.15, -0.1) is 0 Å². The molecule has 1 aliphatic heterocycles.